The number of rotatable bonds is 14. The average Bonchev–Trinajstić information content (AvgIpc) is 3.25. The van der Waals surface area contributed by atoms with E-state index in [0.717, 1.165) is 31.3 Å². The van der Waals surface area contributed by atoms with Gasteiger partial charge in [0.1, 0.15) is 5.75 Å². The highest BCUT2D eigenvalue weighted by atomic mass is 28.4. The van der Waals surface area contributed by atoms with E-state index >= 15 is 0 Å². The maximum absolute atomic E-state index is 11.6. The van der Waals surface area contributed by atoms with Crippen molar-refractivity contribution in [2.24, 2.45) is 23.2 Å². The maximum atomic E-state index is 11.6. The molecule has 0 spiro atoms. The van der Waals surface area contributed by atoms with Crippen LogP contribution in [-0.2, 0) is 15.9 Å². The molecule has 250 valence electrons. The molecule has 4 nitrogen and oxygen atoms in total. The first-order valence-electron chi connectivity index (χ1n) is 18.7. The van der Waals surface area contributed by atoms with Crippen LogP contribution in [0.25, 0.3) is 0 Å². The summed E-state index contributed by atoms with van der Waals surface area (Å²) in [5.74, 6) is 3.65. The van der Waals surface area contributed by atoms with Gasteiger partial charge in [-0.25, -0.2) is 0 Å². The first kappa shape index (κ1) is 34.5. The number of hydrogen-bond donors (Lipinski definition) is 1. The minimum Gasteiger partial charge on any atom is -0.543 e. The number of aryl methyl sites for hydroxylation is 1. The molecule has 4 aliphatic rings. The van der Waals surface area contributed by atoms with Crippen LogP contribution in [0.4, 0.5) is 0 Å². The predicted molar refractivity (Wildman–Crippen MR) is 185 cm³/mol. The van der Waals surface area contributed by atoms with E-state index in [0.29, 0.717) is 17.8 Å². The van der Waals surface area contributed by atoms with Crippen LogP contribution >= 0.6 is 0 Å². The summed E-state index contributed by atoms with van der Waals surface area (Å²) in [6.45, 7) is 15.8. The molecule has 3 fully saturated rings. The van der Waals surface area contributed by atoms with Gasteiger partial charge in [0.05, 0.1) is 6.10 Å². The maximum Gasteiger partial charge on any atom is 0.250 e. The molecule has 1 unspecified atom stereocenters. The van der Waals surface area contributed by atoms with Crippen molar-refractivity contribution >= 4 is 8.32 Å². The van der Waals surface area contributed by atoms with Crippen LogP contribution < -0.4 is 4.43 Å². The van der Waals surface area contributed by atoms with E-state index in [-0.39, 0.29) is 22.8 Å². The zero-order chi connectivity index (χ0) is 31.4. The highest BCUT2D eigenvalue weighted by molar-refractivity contribution is 6.74. The summed E-state index contributed by atoms with van der Waals surface area (Å²) in [4.78, 5) is 0. The highest BCUT2D eigenvalue weighted by Crippen LogP contribution is 2.63. The largest absolute Gasteiger partial charge is 0.543 e. The van der Waals surface area contributed by atoms with Crippen molar-refractivity contribution < 1.29 is 19.0 Å². The average molecular weight is 627 g/mol. The molecule has 1 aromatic carbocycles. The van der Waals surface area contributed by atoms with Crippen molar-refractivity contribution in [1.82, 2.24) is 0 Å². The summed E-state index contributed by atoms with van der Waals surface area (Å²) in [6.07, 6.45) is 21.2. The third-order valence-electron chi connectivity index (χ3n) is 12.9. The van der Waals surface area contributed by atoms with Gasteiger partial charge in [-0.2, -0.15) is 0 Å². The van der Waals surface area contributed by atoms with E-state index in [1.54, 1.807) is 5.56 Å². The fourth-order valence-corrected chi connectivity index (χ4v) is 10.1. The molecule has 5 rings (SSSR count). The third kappa shape index (κ3) is 7.97. The molecule has 7 atom stereocenters. The Morgan fingerprint density at radius 1 is 0.955 bits per heavy atom. The molecule has 3 aliphatic carbocycles. The molecule has 1 aliphatic heterocycles. The lowest BCUT2D eigenvalue weighted by Crippen LogP contribution is -2.44. The van der Waals surface area contributed by atoms with E-state index in [2.05, 4.69) is 59.0 Å². The molecule has 1 heterocycles. The Morgan fingerprint density at radius 3 is 2.39 bits per heavy atom. The summed E-state index contributed by atoms with van der Waals surface area (Å²) >= 11 is 0. The van der Waals surface area contributed by atoms with Gasteiger partial charge < -0.3 is 19.0 Å². The number of aliphatic hydroxyl groups excluding tert-OH is 1. The summed E-state index contributed by atoms with van der Waals surface area (Å²) in [5, 5.41) is 11.8. The van der Waals surface area contributed by atoms with Gasteiger partial charge >= 0.3 is 0 Å². The Bertz CT molecular complexity index is 1040. The number of hydrogen-bond acceptors (Lipinski definition) is 4. The fourth-order valence-electron chi connectivity index (χ4n) is 9.12. The molecule has 1 saturated heterocycles. The lowest BCUT2D eigenvalue weighted by molar-refractivity contribution is -0.162. The van der Waals surface area contributed by atoms with Crippen LogP contribution in [-0.4, -0.2) is 39.0 Å². The number of fused-ring (bicyclic) bond motifs is 5. The molecule has 5 heteroatoms. The van der Waals surface area contributed by atoms with Gasteiger partial charge in [-0.05, 0) is 135 Å². The van der Waals surface area contributed by atoms with E-state index in [9.17, 15) is 5.11 Å². The van der Waals surface area contributed by atoms with Crippen LogP contribution in [0, 0.1) is 23.2 Å². The monoisotopic (exact) mass is 626 g/mol. The Labute approximate surface area is 271 Å². The number of ether oxygens (including phenoxy) is 2. The molecule has 0 amide bonds. The summed E-state index contributed by atoms with van der Waals surface area (Å²) in [5.41, 5.74) is 3.24. The Hall–Kier alpha value is -0.883. The lowest BCUT2D eigenvalue weighted by Gasteiger charge is -2.50. The summed E-state index contributed by atoms with van der Waals surface area (Å²) in [6, 6.07) is 7.07. The van der Waals surface area contributed by atoms with Crippen LogP contribution in [0.3, 0.4) is 0 Å². The topological polar surface area (TPSA) is 47.9 Å². The van der Waals surface area contributed by atoms with Crippen LogP contribution in [0.15, 0.2) is 18.2 Å². The first-order chi connectivity index (χ1) is 21.0. The highest BCUT2D eigenvalue weighted by Gasteiger charge is 2.57. The van der Waals surface area contributed by atoms with E-state index in [4.69, 9.17) is 13.9 Å². The smallest absolute Gasteiger partial charge is 0.250 e. The zero-order valence-electron chi connectivity index (χ0n) is 29.3. The van der Waals surface area contributed by atoms with Gasteiger partial charge in [0.25, 0.3) is 0 Å². The van der Waals surface area contributed by atoms with Gasteiger partial charge in [-0.1, -0.05) is 78.7 Å². The number of aliphatic hydroxyl groups is 1. The Morgan fingerprint density at radius 2 is 1.68 bits per heavy atom. The Kier molecular flexibility index (Phi) is 11.7. The Balaban J connectivity index is 1.02. The minimum atomic E-state index is -1.84. The molecular weight excluding hydrogens is 561 g/mol. The molecule has 0 radical (unpaired) electrons. The van der Waals surface area contributed by atoms with Gasteiger partial charge in [-0.15, -0.1) is 0 Å². The van der Waals surface area contributed by atoms with Crippen molar-refractivity contribution in [1.29, 1.82) is 0 Å². The van der Waals surface area contributed by atoms with Crippen LogP contribution in [0.2, 0.25) is 18.1 Å². The van der Waals surface area contributed by atoms with Gasteiger partial charge in [0, 0.05) is 13.2 Å². The number of benzene rings is 1. The van der Waals surface area contributed by atoms with Gasteiger partial charge in [0.15, 0.2) is 6.29 Å². The SMILES string of the molecule is CC(C)(C)[Si](C)(C)Oc1ccc2c(c1)CC[C@@H]1[C@@H]2CC[C@]2(C)[C@@H](O)[C@@H](CCCCCCCCCCOC3CCCCO3)C[C@@H]12. The molecule has 1 N–H and O–H groups in total. The van der Waals surface area contributed by atoms with Crippen LogP contribution in [0.5, 0.6) is 5.75 Å². The third-order valence-corrected chi connectivity index (χ3v) is 17.3. The first-order valence-corrected chi connectivity index (χ1v) is 21.6. The second-order valence-electron chi connectivity index (χ2n) is 16.9. The summed E-state index contributed by atoms with van der Waals surface area (Å²) < 4.78 is 18.2. The standard InChI is InChI=1S/C39H66O4Si/c1-38(2,3)44(5,6)43-31-20-22-32-29(27-31)19-21-34-33(32)23-24-39(4)35(34)28-30(37(39)40)17-13-11-9-7-8-10-12-15-25-41-36-18-14-16-26-42-36/h20,22,27,30,33-37,40H,7-19,21,23-26,28H2,1-6H3/t30-,33+,34+,35-,36?,37-,39-/m0/s1. The molecular formula is C39H66O4Si. The zero-order valence-corrected chi connectivity index (χ0v) is 30.3. The van der Waals surface area contributed by atoms with Crippen molar-refractivity contribution in [2.75, 3.05) is 13.2 Å². The second kappa shape index (κ2) is 14.9. The van der Waals surface area contributed by atoms with Crippen molar-refractivity contribution in [3.8, 4) is 5.75 Å². The normalized spacial score (nSPS) is 32.2. The molecule has 44 heavy (non-hydrogen) atoms. The van der Waals surface area contributed by atoms with E-state index in [1.807, 2.05) is 0 Å². The lowest BCUT2D eigenvalue weighted by atomic mass is 9.55. The second-order valence-corrected chi connectivity index (χ2v) is 21.6. The minimum absolute atomic E-state index is 0.0657. The number of unbranched alkanes of at least 4 members (excludes halogenated alkanes) is 7. The molecule has 2 saturated carbocycles. The molecule has 0 bridgehead atoms. The van der Waals surface area contributed by atoms with Gasteiger partial charge in [0.2, 0.25) is 8.32 Å². The quantitative estimate of drug-likeness (QED) is 0.165. The van der Waals surface area contributed by atoms with Crippen molar-refractivity contribution in [2.45, 2.75) is 173 Å². The van der Waals surface area contributed by atoms with Crippen LogP contribution in [0.1, 0.15) is 147 Å². The summed E-state index contributed by atoms with van der Waals surface area (Å²) in [7, 11) is -1.84. The van der Waals surface area contributed by atoms with E-state index in [1.165, 1.54) is 108 Å². The van der Waals surface area contributed by atoms with Crippen molar-refractivity contribution in [3.05, 3.63) is 29.3 Å². The molecule has 0 aromatic heterocycles. The van der Waals surface area contributed by atoms with E-state index < -0.39 is 8.32 Å². The van der Waals surface area contributed by atoms with Gasteiger partial charge in [-0.3, -0.25) is 0 Å². The predicted octanol–water partition coefficient (Wildman–Crippen LogP) is 10.6. The molecule has 1 aromatic rings. The fraction of sp³-hybridized carbons (Fsp3) is 0.846. The van der Waals surface area contributed by atoms with Crippen molar-refractivity contribution in [3.63, 3.8) is 0 Å².